The number of nitrogens with one attached hydrogen (secondary N) is 1. The molecule has 3 nitrogen and oxygen atoms in total. The molecule has 1 N–H and O–H groups in total. The Morgan fingerprint density at radius 2 is 1.86 bits per heavy atom. The Morgan fingerprint density at radius 3 is 2.55 bits per heavy atom. The van der Waals surface area contributed by atoms with Crippen LogP contribution in [0.3, 0.4) is 0 Å². The summed E-state index contributed by atoms with van der Waals surface area (Å²) >= 11 is 12.1. The Hall–Kier alpha value is -1.97. The molecule has 0 aliphatic heterocycles. The predicted molar refractivity (Wildman–Crippen MR) is 90.3 cm³/mol. The lowest BCUT2D eigenvalue weighted by Crippen LogP contribution is -2.20. The van der Waals surface area contributed by atoms with E-state index in [-0.39, 0.29) is 5.91 Å². The molecular weight excluding hydrogens is 321 g/mol. The van der Waals surface area contributed by atoms with E-state index < -0.39 is 0 Å². The predicted octanol–water partition coefficient (Wildman–Crippen LogP) is 4.33. The Labute approximate surface area is 139 Å². The van der Waals surface area contributed by atoms with Crippen molar-refractivity contribution in [2.75, 3.05) is 7.11 Å². The van der Waals surface area contributed by atoms with Gasteiger partial charge < -0.3 is 10.1 Å². The third kappa shape index (κ3) is 4.52. The average molecular weight is 336 g/mol. The molecule has 1 amide bonds. The maximum Gasteiger partial charge on any atom is 0.244 e. The molecule has 0 bridgehead atoms. The lowest BCUT2D eigenvalue weighted by Gasteiger charge is -2.05. The van der Waals surface area contributed by atoms with Gasteiger partial charge in [0.2, 0.25) is 5.91 Å². The van der Waals surface area contributed by atoms with Gasteiger partial charge >= 0.3 is 0 Å². The zero-order valence-electron chi connectivity index (χ0n) is 12.0. The van der Waals surface area contributed by atoms with Crippen LogP contribution in [0, 0.1) is 0 Å². The number of halogens is 2. The van der Waals surface area contributed by atoms with E-state index in [4.69, 9.17) is 27.9 Å². The van der Waals surface area contributed by atoms with Gasteiger partial charge in [-0.05, 0) is 35.9 Å². The van der Waals surface area contributed by atoms with Crippen LogP contribution in [0.15, 0.2) is 48.5 Å². The Bertz CT molecular complexity index is 679. The zero-order chi connectivity index (χ0) is 15.9. The summed E-state index contributed by atoms with van der Waals surface area (Å²) in [5, 5.41) is 3.80. The van der Waals surface area contributed by atoms with Crippen molar-refractivity contribution in [3.8, 4) is 5.75 Å². The molecule has 2 aromatic carbocycles. The molecule has 0 fully saturated rings. The van der Waals surface area contributed by atoms with Crippen LogP contribution >= 0.6 is 23.2 Å². The fourth-order valence-corrected chi connectivity index (χ4v) is 2.38. The van der Waals surface area contributed by atoms with Crippen molar-refractivity contribution >= 4 is 35.2 Å². The van der Waals surface area contributed by atoms with Gasteiger partial charge in [-0.25, -0.2) is 0 Å². The minimum atomic E-state index is -0.223. The first-order valence-corrected chi connectivity index (χ1v) is 7.38. The van der Waals surface area contributed by atoms with E-state index in [1.165, 1.54) is 6.08 Å². The second-order valence-electron chi connectivity index (χ2n) is 4.54. The van der Waals surface area contributed by atoms with Gasteiger partial charge in [-0.2, -0.15) is 0 Å². The summed E-state index contributed by atoms with van der Waals surface area (Å²) in [6, 6.07) is 12.7. The molecule has 0 radical (unpaired) electrons. The van der Waals surface area contributed by atoms with Crippen molar-refractivity contribution in [1.82, 2.24) is 5.32 Å². The average Bonchev–Trinajstić information content (AvgIpc) is 2.52. The van der Waals surface area contributed by atoms with Crippen LogP contribution in [0.1, 0.15) is 11.1 Å². The van der Waals surface area contributed by atoms with Crippen LogP contribution in [-0.2, 0) is 11.3 Å². The van der Waals surface area contributed by atoms with E-state index in [1.807, 2.05) is 24.3 Å². The summed E-state index contributed by atoms with van der Waals surface area (Å²) in [6.07, 6.45) is 3.01. The normalized spacial score (nSPS) is 10.7. The van der Waals surface area contributed by atoms with Crippen molar-refractivity contribution < 1.29 is 9.53 Å². The summed E-state index contributed by atoms with van der Waals surface area (Å²) in [4.78, 5) is 11.9. The monoisotopic (exact) mass is 335 g/mol. The number of carbonyl (C=O) groups is 1. The van der Waals surface area contributed by atoms with E-state index in [2.05, 4.69) is 5.32 Å². The largest absolute Gasteiger partial charge is 0.497 e. The lowest BCUT2D eigenvalue weighted by molar-refractivity contribution is -0.116. The highest BCUT2D eigenvalue weighted by molar-refractivity contribution is 6.37. The summed E-state index contributed by atoms with van der Waals surface area (Å²) in [5.74, 6) is 0.531. The van der Waals surface area contributed by atoms with Crippen molar-refractivity contribution in [3.63, 3.8) is 0 Å². The summed E-state index contributed by atoms with van der Waals surface area (Å²) in [5.41, 5.74) is 1.58. The first-order chi connectivity index (χ1) is 10.6. The number of hydrogen-bond donors (Lipinski definition) is 1. The van der Waals surface area contributed by atoms with Crippen LogP contribution in [-0.4, -0.2) is 13.0 Å². The fourth-order valence-electron chi connectivity index (χ4n) is 1.86. The molecule has 5 heteroatoms. The summed E-state index contributed by atoms with van der Waals surface area (Å²) in [7, 11) is 1.60. The molecule has 0 aliphatic rings. The minimum absolute atomic E-state index is 0.223. The molecule has 22 heavy (non-hydrogen) atoms. The third-order valence-corrected chi connectivity index (χ3v) is 3.66. The van der Waals surface area contributed by atoms with Gasteiger partial charge in [0.25, 0.3) is 0 Å². The molecule has 0 saturated carbocycles. The molecule has 0 saturated heterocycles. The molecule has 0 aromatic heterocycles. The SMILES string of the molecule is COc1cccc(CNC(=O)/C=C/c2c(Cl)cccc2Cl)c1. The summed E-state index contributed by atoms with van der Waals surface area (Å²) < 4.78 is 5.14. The second kappa shape index (κ2) is 7.87. The van der Waals surface area contributed by atoms with Crippen LogP contribution in [0.4, 0.5) is 0 Å². The molecule has 2 aromatic rings. The maximum atomic E-state index is 11.9. The highest BCUT2D eigenvalue weighted by Gasteiger charge is 2.03. The molecule has 0 spiro atoms. The number of rotatable bonds is 5. The quantitative estimate of drug-likeness (QED) is 0.826. The molecular formula is C17H15Cl2NO2. The van der Waals surface area contributed by atoms with Gasteiger partial charge in [0.1, 0.15) is 5.75 Å². The van der Waals surface area contributed by atoms with Gasteiger partial charge in [0.05, 0.1) is 7.11 Å². The van der Waals surface area contributed by atoms with Crippen LogP contribution in [0.25, 0.3) is 6.08 Å². The first kappa shape index (κ1) is 16.4. The van der Waals surface area contributed by atoms with Crippen molar-refractivity contribution in [2.24, 2.45) is 0 Å². The van der Waals surface area contributed by atoms with Crippen LogP contribution in [0.5, 0.6) is 5.75 Å². The van der Waals surface area contributed by atoms with E-state index in [0.717, 1.165) is 11.3 Å². The number of carbonyl (C=O) groups excluding carboxylic acids is 1. The van der Waals surface area contributed by atoms with E-state index in [0.29, 0.717) is 22.2 Å². The van der Waals surface area contributed by atoms with Gasteiger partial charge in [0.15, 0.2) is 0 Å². The number of ether oxygens (including phenoxy) is 1. The molecule has 0 heterocycles. The summed E-state index contributed by atoms with van der Waals surface area (Å²) in [6.45, 7) is 0.413. The van der Waals surface area contributed by atoms with Gasteiger partial charge in [0, 0.05) is 28.2 Å². The van der Waals surface area contributed by atoms with Crippen molar-refractivity contribution in [1.29, 1.82) is 0 Å². The zero-order valence-corrected chi connectivity index (χ0v) is 13.5. The third-order valence-electron chi connectivity index (χ3n) is 3.00. The number of methoxy groups -OCH3 is 1. The standard InChI is InChI=1S/C17H15Cl2NO2/c1-22-13-5-2-4-12(10-13)11-20-17(21)9-8-14-15(18)6-3-7-16(14)19/h2-10H,11H2,1H3,(H,20,21)/b9-8+. The number of hydrogen-bond acceptors (Lipinski definition) is 2. The molecule has 114 valence electrons. The smallest absolute Gasteiger partial charge is 0.244 e. The molecule has 0 aliphatic carbocycles. The fraction of sp³-hybridized carbons (Fsp3) is 0.118. The minimum Gasteiger partial charge on any atom is -0.497 e. The first-order valence-electron chi connectivity index (χ1n) is 6.63. The van der Waals surface area contributed by atoms with Crippen molar-refractivity contribution in [3.05, 3.63) is 69.7 Å². The molecule has 0 unspecified atom stereocenters. The van der Waals surface area contributed by atoms with Crippen molar-refractivity contribution in [2.45, 2.75) is 6.54 Å². The van der Waals surface area contributed by atoms with Crippen LogP contribution in [0.2, 0.25) is 10.0 Å². The second-order valence-corrected chi connectivity index (χ2v) is 5.35. The van der Waals surface area contributed by atoms with E-state index in [9.17, 15) is 4.79 Å². The number of benzene rings is 2. The van der Waals surface area contributed by atoms with E-state index >= 15 is 0 Å². The van der Waals surface area contributed by atoms with E-state index in [1.54, 1.807) is 31.4 Å². The van der Waals surface area contributed by atoms with Crippen LogP contribution < -0.4 is 10.1 Å². The lowest BCUT2D eigenvalue weighted by atomic mass is 10.2. The van der Waals surface area contributed by atoms with Gasteiger partial charge in [-0.15, -0.1) is 0 Å². The molecule has 0 atom stereocenters. The highest BCUT2D eigenvalue weighted by Crippen LogP contribution is 2.25. The topological polar surface area (TPSA) is 38.3 Å². The highest BCUT2D eigenvalue weighted by atomic mass is 35.5. The molecule has 2 rings (SSSR count). The Morgan fingerprint density at radius 1 is 1.18 bits per heavy atom. The number of amides is 1. The van der Waals surface area contributed by atoms with Gasteiger partial charge in [-0.1, -0.05) is 41.4 Å². The maximum absolute atomic E-state index is 11.9. The Balaban J connectivity index is 1.97. The van der Waals surface area contributed by atoms with Gasteiger partial charge in [-0.3, -0.25) is 4.79 Å². The Kier molecular flexibility index (Phi) is 5.87.